The number of aryl methyl sites for hydroxylation is 1. The van der Waals surface area contributed by atoms with Gasteiger partial charge in [-0.1, -0.05) is 28.1 Å². The van der Waals surface area contributed by atoms with Crippen molar-refractivity contribution in [3.8, 4) is 11.4 Å². The predicted molar refractivity (Wildman–Crippen MR) is 67.7 cm³/mol. The van der Waals surface area contributed by atoms with E-state index in [4.69, 9.17) is 5.11 Å². The van der Waals surface area contributed by atoms with Crippen LogP contribution in [0.15, 0.2) is 34.9 Å². The molecule has 0 saturated heterocycles. The lowest BCUT2D eigenvalue weighted by Crippen LogP contribution is -1.99. The lowest BCUT2D eigenvalue weighted by molar-refractivity contribution is -0.136. The van der Waals surface area contributed by atoms with Gasteiger partial charge in [-0.2, -0.15) is 0 Å². The van der Waals surface area contributed by atoms with Crippen LogP contribution in [-0.4, -0.2) is 20.6 Å². The molecule has 0 bridgehead atoms. The Balaban J connectivity index is 2.35. The molecule has 88 valence electrons. The molecule has 1 aromatic heterocycles. The van der Waals surface area contributed by atoms with Crippen LogP contribution < -0.4 is 0 Å². The third kappa shape index (κ3) is 2.74. The first kappa shape index (κ1) is 11.9. The van der Waals surface area contributed by atoms with E-state index >= 15 is 0 Å². The maximum Gasteiger partial charge on any atom is 0.309 e. The fourth-order valence-corrected chi connectivity index (χ4v) is 1.90. The van der Waals surface area contributed by atoms with Gasteiger partial charge in [-0.05, 0) is 12.1 Å². The molecule has 4 nitrogen and oxygen atoms in total. The summed E-state index contributed by atoms with van der Waals surface area (Å²) in [4.78, 5) is 14.9. The zero-order valence-corrected chi connectivity index (χ0v) is 10.8. The van der Waals surface area contributed by atoms with Gasteiger partial charge in [-0.3, -0.25) is 4.79 Å². The predicted octanol–water partition coefficient (Wildman–Crippen LogP) is 2.48. The maximum absolute atomic E-state index is 10.6. The van der Waals surface area contributed by atoms with E-state index in [9.17, 15) is 4.79 Å². The van der Waals surface area contributed by atoms with E-state index in [2.05, 4.69) is 20.9 Å². The molecule has 1 N–H and O–H groups in total. The molecule has 0 fully saturated rings. The summed E-state index contributed by atoms with van der Waals surface area (Å²) < 4.78 is 2.84. The number of benzene rings is 1. The van der Waals surface area contributed by atoms with Crippen molar-refractivity contribution in [1.29, 1.82) is 0 Å². The fourth-order valence-electron chi connectivity index (χ4n) is 1.64. The molecule has 5 heteroatoms. The summed E-state index contributed by atoms with van der Waals surface area (Å²) in [6.07, 6.45) is 1.69. The third-order valence-electron chi connectivity index (χ3n) is 2.36. The Hall–Kier alpha value is -1.62. The second-order valence-electron chi connectivity index (χ2n) is 3.74. The van der Waals surface area contributed by atoms with Crippen molar-refractivity contribution in [1.82, 2.24) is 9.55 Å². The van der Waals surface area contributed by atoms with Crippen LogP contribution in [-0.2, 0) is 18.3 Å². The van der Waals surface area contributed by atoms with Crippen LogP contribution in [0.4, 0.5) is 0 Å². The number of hydrogen-bond acceptors (Lipinski definition) is 2. The number of carbonyl (C=O) groups is 1. The first-order valence-corrected chi connectivity index (χ1v) is 5.85. The van der Waals surface area contributed by atoms with Crippen molar-refractivity contribution >= 4 is 21.9 Å². The van der Waals surface area contributed by atoms with Crippen LogP contribution in [0, 0.1) is 0 Å². The van der Waals surface area contributed by atoms with Gasteiger partial charge in [0, 0.05) is 23.3 Å². The summed E-state index contributed by atoms with van der Waals surface area (Å²) in [5.74, 6) is -0.0980. The first-order chi connectivity index (χ1) is 8.06. The number of rotatable bonds is 3. The van der Waals surface area contributed by atoms with Gasteiger partial charge in [-0.15, -0.1) is 0 Å². The van der Waals surface area contributed by atoms with E-state index in [0.29, 0.717) is 5.69 Å². The van der Waals surface area contributed by atoms with Gasteiger partial charge in [0.2, 0.25) is 0 Å². The van der Waals surface area contributed by atoms with Crippen LogP contribution >= 0.6 is 15.9 Å². The third-order valence-corrected chi connectivity index (χ3v) is 2.89. The Bertz CT molecular complexity index is 546. The summed E-state index contributed by atoms with van der Waals surface area (Å²) in [5, 5.41) is 8.72. The second kappa shape index (κ2) is 4.71. The van der Waals surface area contributed by atoms with Gasteiger partial charge in [0.25, 0.3) is 0 Å². The summed E-state index contributed by atoms with van der Waals surface area (Å²) in [7, 11) is 1.86. The van der Waals surface area contributed by atoms with Crippen LogP contribution in [0.25, 0.3) is 11.4 Å². The zero-order valence-electron chi connectivity index (χ0n) is 9.22. The summed E-state index contributed by atoms with van der Waals surface area (Å²) in [5.41, 5.74) is 1.53. The van der Waals surface area contributed by atoms with Crippen LogP contribution in [0.3, 0.4) is 0 Å². The number of carboxylic acid groups (broad SMARTS) is 1. The number of carboxylic acids is 1. The summed E-state index contributed by atoms with van der Waals surface area (Å²) in [6.45, 7) is 0. The maximum atomic E-state index is 10.6. The normalized spacial score (nSPS) is 10.5. The molecule has 0 aliphatic carbocycles. The number of nitrogens with zero attached hydrogens (tertiary/aromatic N) is 2. The lowest BCUT2D eigenvalue weighted by atomic mass is 10.2. The number of imidazole rings is 1. The number of hydrogen-bond donors (Lipinski definition) is 1. The molecular weight excluding hydrogens is 284 g/mol. The lowest BCUT2D eigenvalue weighted by Gasteiger charge is -2.00. The molecule has 2 rings (SSSR count). The minimum atomic E-state index is -0.870. The van der Waals surface area contributed by atoms with Gasteiger partial charge >= 0.3 is 5.97 Å². The highest BCUT2D eigenvalue weighted by molar-refractivity contribution is 9.10. The zero-order chi connectivity index (χ0) is 12.4. The monoisotopic (exact) mass is 294 g/mol. The van der Waals surface area contributed by atoms with Gasteiger partial charge < -0.3 is 9.67 Å². The van der Waals surface area contributed by atoms with E-state index in [0.717, 1.165) is 15.9 Å². The highest BCUT2D eigenvalue weighted by Crippen LogP contribution is 2.20. The largest absolute Gasteiger partial charge is 0.481 e. The minimum Gasteiger partial charge on any atom is -0.481 e. The highest BCUT2D eigenvalue weighted by Gasteiger charge is 2.09. The van der Waals surface area contributed by atoms with Gasteiger partial charge in [0.1, 0.15) is 5.82 Å². The molecule has 1 heterocycles. The molecular formula is C12H11BrN2O2. The van der Waals surface area contributed by atoms with E-state index in [1.807, 2.05) is 35.9 Å². The summed E-state index contributed by atoms with van der Waals surface area (Å²) in [6, 6.07) is 7.75. The smallest absolute Gasteiger partial charge is 0.309 e. The van der Waals surface area contributed by atoms with E-state index in [-0.39, 0.29) is 6.42 Å². The van der Waals surface area contributed by atoms with Crippen molar-refractivity contribution in [2.24, 2.45) is 7.05 Å². The highest BCUT2D eigenvalue weighted by atomic mass is 79.9. The van der Waals surface area contributed by atoms with E-state index in [1.165, 1.54) is 0 Å². The van der Waals surface area contributed by atoms with Crippen molar-refractivity contribution in [2.75, 3.05) is 0 Å². The Kier molecular flexibility index (Phi) is 3.28. The summed E-state index contributed by atoms with van der Waals surface area (Å²) >= 11 is 3.37. The molecule has 0 saturated carbocycles. The molecule has 0 atom stereocenters. The van der Waals surface area contributed by atoms with Crippen LogP contribution in [0.1, 0.15) is 5.69 Å². The Morgan fingerprint density at radius 1 is 1.41 bits per heavy atom. The van der Waals surface area contributed by atoms with Crippen LogP contribution in [0.2, 0.25) is 0 Å². The topological polar surface area (TPSA) is 55.1 Å². The number of aliphatic carboxylic acids is 1. The van der Waals surface area contributed by atoms with Crippen LogP contribution in [0.5, 0.6) is 0 Å². The fraction of sp³-hybridized carbons (Fsp3) is 0.167. The van der Waals surface area contributed by atoms with Crippen molar-refractivity contribution in [2.45, 2.75) is 6.42 Å². The van der Waals surface area contributed by atoms with Crippen molar-refractivity contribution < 1.29 is 9.90 Å². The first-order valence-electron chi connectivity index (χ1n) is 5.06. The molecule has 2 aromatic rings. The van der Waals surface area contributed by atoms with E-state index < -0.39 is 5.97 Å². The van der Waals surface area contributed by atoms with Gasteiger partial charge in [-0.25, -0.2) is 4.98 Å². The average molecular weight is 295 g/mol. The Morgan fingerprint density at radius 3 is 2.65 bits per heavy atom. The molecule has 1 aromatic carbocycles. The molecule has 0 unspecified atom stereocenters. The van der Waals surface area contributed by atoms with Crippen molar-refractivity contribution in [3.05, 3.63) is 40.6 Å². The molecule has 0 spiro atoms. The number of aromatic nitrogens is 2. The Labute approximate surface area is 107 Å². The quantitative estimate of drug-likeness (QED) is 0.946. The van der Waals surface area contributed by atoms with Gasteiger partial charge in [0.05, 0.1) is 12.1 Å². The molecule has 0 aliphatic heterocycles. The van der Waals surface area contributed by atoms with Gasteiger partial charge in [0.15, 0.2) is 0 Å². The average Bonchev–Trinajstić information content (AvgIpc) is 2.59. The van der Waals surface area contributed by atoms with Crippen molar-refractivity contribution in [3.63, 3.8) is 0 Å². The number of halogens is 1. The molecule has 17 heavy (non-hydrogen) atoms. The molecule has 0 aliphatic rings. The standard InChI is InChI=1S/C12H11BrN2O2/c1-15-7-10(6-11(16)17)14-12(15)8-2-4-9(13)5-3-8/h2-5,7H,6H2,1H3,(H,16,17). The molecule has 0 amide bonds. The second-order valence-corrected chi connectivity index (χ2v) is 4.66. The van der Waals surface area contributed by atoms with E-state index in [1.54, 1.807) is 6.20 Å². The SMILES string of the molecule is Cn1cc(CC(=O)O)nc1-c1ccc(Br)cc1. The molecule has 0 radical (unpaired) electrons. The Morgan fingerprint density at radius 2 is 2.06 bits per heavy atom. The minimum absolute atomic E-state index is 0.0512.